The monoisotopic (exact) mass is 319 g/mol. The summed E-state index contributed by atoms with van der Waals surface area (Å²) in [5.74, 6) is -0.226. The molecule has 0 aliphatic heterocycles. The van der Waals surface area contributed by atoms with Gasteiger partial charge in [0.05, 0.1) is 11.4 Å². The summed E-state index contributed by atoms with van der Waals surface area (Å²) in [7, 11) is 3.87. The minimum atomic E-state index is -0.226. The molecule has 0 aliphatic carbocycles. The van der Waals surface area contributed by atoms with Crippen LogP contribution in [0.4, 0.5) is 11.4 Å². The van der Waals surface area contributed by atoms with Crippen molar-refractivity contribution in [1.29, 1.82) is 0 Å². The van der Waals surface area contributed by atoms with E-state index in [4.69, 9.17) is 0 Å². The fourth-order valence-electron chi connectivity index (χ4n) is 1.69. The van der Waals surface area contributed by atoms with Crippen LogP contribution in [0.2, 0.25) is 0 Å². The highest BCUT2D eigenvalue weighted by atomic mass is 79.9. The van der Waals surface area contributed by atoms with E-state index in [2.05, 4.69) is 26.2 Å². The van der Waals surface area contributed by atoms with E-state index in [0.29, 0.717) is 10.3 Å². The number of pyridine rings is 1. The van der Waals surface area contributed by atoms with Crippen molar-refractivity contribution in [3.8, 4) is 0 Å². The van der Waals surface area contributed by atoms with E-state index in [1.165, 1.54) is 0 Å². The predicted molar refractivity (Wildman–Crippen MR) is 80.7 cm³/mol. The van der Waals surface area contributed by atoms with E-state index >= 15 is 0 Å². The first-order valence-corrected chi connectivity index (χ1v) is 6.57. The molecule has 2 rings (SSSR count). The molecule has 4 nitrogen and oxygen atoms in total. The summed E-state index contributed by atoms with van der Waals surface area (Å²) in [6.07, 6.45) is 0. The lowest BCUT2D eigenvalue weighted by molar-refractivity contribution is 0.102. The Morgan fingerprint density at radius 1 is 1.16 bits per heavy atom. The van der Waals surface area contributed by atoms with Gasteiger partial charge in [-0.2, -0.15) is 0 Å². The second-order valence-electron chi connectivity index (χ2n) is 4.21. The van der Waals surface area contributed by atoms with Crippen LogP contribution in [0, 0.1) is 0 Å². The average molecular weight is 320 g/mol. The Kier molecular flexibility index (Phi) is 4.16. The Balaban J connectivity index is 2.24. The van der Waals surface area contributed by atoms with E-state index < -0.39 is 0 Å². The van der Waals surface area contributed by atoms with Gasteiger partial charge in [0.1, 0.15) is 10.3 Å². The van der Waals surface area contributed by atoms with Crippen molar-refractivity contribution in [1.82, 2.24) is 4.98 Å². The fourth-order valence-corrected chi connectivity index (χ4v) is 2.03. The molecule has 1 amide bonds. The summed E-state index contributed by atoms with van der Waals surface area (Å²) in [4.78, 5) is 18.2. The number of carbonyl (C=O) groups excluding carboxylic acids is 1. The van der Waals surface area contributed by atoms with Gasteiger partial charge in [-0.3, -0.25) is 4.79 Å². The SMILES string of the molecule is CN(C)c1ccccc1NC(=O)c1cccc(Br)n1. The lowest BCUT2D eigenvalue weighted by Crippen LogP contribution is -2.17. The van der Waals surface area contributed by atoms with Crippen molar-refractivity contribution in [3.05, 3.63) is 52.8 Å². The number of para-hydroxylation sites is 2. The van der Waals surface area contributed by atoms with Gasteiger partial charge in [-0.05, 0) is 40.2 Å². The predicted octanol–water partition coefficient (Wildman–Crippen LogP) is 3.16. The Bertz CT molecular complexity index is 599. The van der Waals surface area contributed by atoms with Gasteiger partial charge in [0, 0.05) is 14.1 Å². The molecule has 0 fully saturated rings. The zero-order valence-corrected chi connectivity index (χ0v) is 12.3. The third-order valence-electron chi connectivity index (χ3n) is 2.58. The second kappa shape index (κ2) is 5.84. The Labute approximate surface area is 120 Å². The number of hydrogen-bond acceptors (Lipinski definition) is 3. The van der Waals surface area contributed by atoms with Crippen molar-refractivity contribution >= 4 is 33.2 Å². The molecule has 1 N–H and O–H groups in total. The number of halogens is 1. The molecule has 0 unspecified atom stereocenters. The summed E-state index contributed by atoms with van der Waals surface area (Å²) < 4.78 is 0.640. The van der Waals surface area contributed by atoms with Crippen molar-refractivity contribution in [2.75, 3.05) is 24.3 Å². The van der Waals surface area contributed by atoms with Crippen molar-refractivity contribution in [2.45, 2.75) is 0 Å². The fraction of sp³-hybridized carbons (Fsp3) is 0.143. The van der Waals surface area contributed by atoms with Crippen LogP contribution in [0.1, 0.15) is 10.5 Å². The Hall–Kier alpha value is -1.88. The summed E-state index contributed by atoms with van der Waals surface area (Å²) in [5, 5.41) is 2.87. The molecule has 0 aliphatic rings. The number of nitrogens with zero attached hydrogens (tertiary/aromatic N) is 2. The first kappa shape index (κ1) is 13.5. The van der Waals surface area contributed by atoms with Crippen LogP contribution in [-0.4, -0.2) is 25.0 Å². The molecular formula is C14H14BrN3O. The molecule has 19 heavy (non-hydrogen) atoms. The van der Waals surface area contributed by atoms with Gasteiger partial charge in [0.2, 0.25) is 0 Å². The number of amides is 1. The molecule has 0 spiro atoms. The Morgan fingerprint density at radius 3 is 2.58 bits per heavy atom. The van der Waals surface area contributed by atoms with E-state index in [1.54, 1.807) is 18.2 Å². The first-order chi connectivity index (χ1) is 9.08. The molecule has 0 saturated heterocycles. The van der Waals surface area contributed by atoms with E-state index in [0.717, 1.165) is 11.4 Å². The van der Waals surface area contributed by atoms with Crippen LogP contribution in [0.15, 0.2) is 47.1 Å². The summed E-state index contributed by atoms with van der Waals surface area (Å²) in [6, 6.07) is 12.9. The topological polar surface area (TPSA) is 45.2 Å². The number of nitrogens with one attached hydrogen (secondary N) is 1. The van der Waals surface area contributed by atoms with Gasteiger partial charge in [-0.1, -0.05) is 18.2 Å². The minimum Gasteiger partial charge on any atom is -0.376 e. The highest BCUT2D eigenvalue weighted by Gasteiger charge is 2.11. The normalized spacial score (nSPS) is 10.1. The van der Waals surface area contributed by atoms with Crippen LogP contribution in [0.3, 0.4) is 0 Å². The number of anilines is 2. The van der Waals surface area contributed by atoms with Crippen LogP contribution < -0.4 is 10.2 Å². The highest BCUT2D eigenvalue weighted by Crippen LogP contribution is 2.23. The van der Waals surface area contributed by atoms with Gasteiger partial charge in [0.25, 0.3) is 5.91 Å². The molecule has 1 heterocycles. The molecule has 2 aromatic rings. The lowest BCUT2D eigenvalue weighted by Gasteiger charge is -2.17. The van der Waals surface area contributed by atoms with E-state index in [-0.39, 0.29) is 5.91 Å². The smallest absolute Gasteiger partial charge is 0.274 e. The van der Waals surface area contributed by atoms with Crippen LogP contribution in [0.5, 0.6) is 0 Å². The quantitative estimate of drug-likeness (QED) is 0.884. The van der Waals surface area contributed by atoms with Crippen molar-refractivity contribution in [3.63, 3.8) is 0 Å². The summed E-state index contributed by atoms with van der Waals surface area (Å²) in [5.41, 5.74) is 2.09. The largest absolute Gasteiger partial charge is 0.376 e. The van der Waals surface area contributed by atoms with E-state index in [9.17, 15) is 4.79 Å². The maximum Gasteiger partial charge on any atom is 0.274 e. The summed E-state index contributed by atoms with van der Waals surface area (Å²) in [6.45, 7) is 0. The van der Waals surface area contributed by atoms with Gasteiger partial charge >= 0.3 is 0 Å². The standard InChI is InChI=1S/C14H14BrN3O/c1-18(2)12-8-4-3-6-10(12)17-14(19)11-7-5-9-13(15)16-11/h3-9H,1-2H3,(H,17,19). The zero-order chi connectivity index (χ0) is 13.8. The van der Waals surface area contributed by atoms with Crippen LogP contribution in [0.25, 0.3) is 0 Å². The third-order valence-corrected chi connectivity index (χ3v) is 3.02. The highest BCUT2D eigenvalue weighted by molar-refractivity contribution is 9.10. The van der Waals surface area contributed by atoms with Gasteiger partial charge in [0.15, 0.2) is 0 Å². The Morgan fingerprint density at radius 2 is 1.89 bits per heavy atom. The average Bonchev–Trinajstić information content (AvgIpc) is 2.39. The van der Waals surface area contributed by atoms with Crippen LogP contribution >= 0.6 is 15.9 Å². The summed E-state index contributed by atoms with van der Waals surface area (Å²) >= 11 is 3.25. The number of rotatable bonds is 3. The third kappa shape index (κ3) is 3.32. The number of benzene rings is 1. The van der Waals surface area contributed by atoms with Gasteiger partial charge < -0.3 is 10.2 Å². The number of aromatic nitrogens is 1. The van der Waals surface area contributed by atoms with Crippen molar-refractivity contribution < 1.29 is 4.79 Å². The molecule has 98 valence electrons. The maximum atomic E-state index is 12.1. The van der Waals surface area contributed by atoms with Crippen LogP contribution in [-0.2, 0) is 0 Å². The van der Waals surface area contributed by atoms with E-state index in [1.807, 2.05) is 43.3 Å². The zero-order valence-electron chi connectivity index (χ0n) is 10.7. The second-order valence-corrected chi connectivity index (χ2v) is 5.02. The molecule has 1 aromatic carbocycles. The molecular weight excluding hydrogens is 306 g/mol. The van der Waals surface area contributed by atoms with Crippen molar-refractivity contribution in [2.24, 2.45) is 0 Å². The molecule has 5 heteroatoms. The number of hydrogen-bond donors (Lipinski definition) is 1. The molecule has 0 radical (unpaired) electrons. The molecule has 1 aromatic heterocycles. The minimum absolute atomic E-state index is 0.226. The lowest BCUT2D eigenvalue weighted by atomic mass is 10.2. The number of carbonyl (C=O) groups is 1. The maximum absolute atomic E-state index is 12.1. The first-order valence-electron chi connectivity index (χ1n) is 5.78. The molecule has 0 atom stereocenters. The van der Waals surface area contributed by atoms with Gasteiger partial charge in [-0.25, -0.2) is 4.98 Å². The van der Waals surface area contributed by atoms with Gasteiger partial charge in [-0.15, -0.1) is 0 Å². The molecule has 0 saturated carbocycles. The molecule has 0 bridgehead atoms.